The molecule has 1 saturated carbocycles. The molecule has 1 aromatic heterocycles. The van der Waals surface area contributed by atoms with Crippen LogP contribution in [0.25, 0.3) is 0 Å². The first kappa shape index (κ1) is 25.8. The highest BCUT2D eigenvalue weighted by Gasteiger charge is 2.49. The summed E-state index contributed by atoms with van der Waals surface area (Å²) in [7, 11) is 0. The number of hydrogen-bond donors (Lipinski definition) is 1. The topological polar surface area (TPSA) is 48.5 Å². The second kappa shape index (κ2) is 10.3. The van der Waals surface area contributed by atoms with Crippen molar-refractivity contribution < 1.29 is 18.0 Å². The molecule has 2 aromatic rings. The van der Waals surface area contributed by atoms with Gasteiger partial charge in [0, 0.05) is 50.0 Å². The lowest BCUT2D eigenvalue weighted by Crippen LogP contribution is -2.54. The Labute approximate surface area is 209 Å². The Bertz CT molecular complexity index is 1020. The Kier molecular flexibility index (Phi) is 7.62. The third-order valence-corrected chi connectivity index (χ3v) is 7.80. The first-order valence-corrected chi connectivity index (χ1v) is 12.5. The Morgan fingerprint density at radius 1 is 1.17 bits per heavy atom. The van der Waals surface area contributed by atoms with Crippen molar-refractivity contribution in [3.8, 4) is 0 Å². The summed E-state index contributed by atoms with van der Waals surface area (Å²) in [5, 5.41) is 4.32. The van der Waals surface area contributed by atoms with Crippen LogP contribution in [0, 0.1) is 11.3 Å². The van der Waals surface area contributed by atoms with Crippen LogP contribution in [0.2, 0.25) is 5.02 Å². The van der Waals surface area contributed by atoms with E-state index in [4.69, 9.17) is 11.6 Å². The minimum atomic E-state index is -4.40. The van der Waals surface area contributed by atoms with Gasteiger partial charge >= 0.3 is 6.18 Å². The van der Waals surface area contributed by atoms with E-state index >= 15 is 0 Å². The number of piperazine rings is 1. The number of amides is 1. The van der Waals surface area contributed by atoms with Gasteiger partial charge in [0.15, 0.2) is 0 Å². The summed E-state index contributed by atoms with van der Waals surface area (Å²) < 4.78 is 39.2. The van der Waals surface area contributed by atoms with Gasteiger partial charge in [-0.15, -0.1) is 0 Å². The van der Waals surface area contributed by atoms with Gasteiger partial charge in [-0.3, -0.25) is 4.79 Å². The summed E-state index contributed by atoms with van der Waals surface area (Å²) >= 11 is 5.97. The van der Waals surface area contributed by atoms with Crippen LogP contribution in [0.4, 0.5) is 19.0 Å². The summed E-state index contributed by atoms with van der Waals surface area (Å²) in [6.45, 7) is 6.85. The highest BCUT2D eigenvalue weighted by molar-refractivity contribution is 6.30. The number of halogens is 4. The quantitative estimate of drug-likeness (QED) is 0.568. The molecule has 0 spiro atoms. The second-order valence-corrected chi connectivity index (χ2v) is 10.4. The predicted molar refractivity (Wildman–Crippen MR) is 131 cm³/mol. The van der Waals surface area contributed by atoms with Crippen molar-refractivity contribution in [2.24, 2.45) is 11.3 Å². The molecule has 0 bridgehead atoms. The largest absolute Gasteiger partial charge is 0.416 e. The summed E-state index contributed by atoms with van der Waals surface area (Å²) in [4.78, 5) is 21.6. The number of pyridine rings is 1. The summed E-state index contributed by atoms with van der Waals surface area (Å²) in [6.07, 6.45) is -0.659. The lowest BCUT2D eigenvalue weighted by Gasteiger charge is -2.42. The molecule has 4 rings (SSSR count). The molecule has 9 heteroatoms. The molecule has 2 fully saturated rings. The van der Waals surface area contributed by atoms with Crippen LogP contribution < -0.4 is 10.2 Å². The number of nitrogens with zero attached hydrogens (tertiary/aromatic N) is 3. The maximum Gasteiger partial charge on any atom is 0.416 e. The van der Waals surface area contributed by atoms with E-state index in [1.807, 2.05) is 34.1 Å². The minimum absolute atomic E-state index is 0.167. The maximum atomic E-state index is 13.8. The Morgan fingerprint density at radius 2 is 1.86 bits per heavy atom. The normalized spacial score (nSPS) is 23.2. The van der Waals surface area contributed by atoms with E-state index < -0.39 is 17.2 Å². The molecule has 0 unspecified atom stereocenters. The van der Waals surface area contributed by atoms with Crippen LogP contribution in [0.15, 0.2) is 42.6 Å². The molecule has 1 aliphatic heterocycles. The number of carbonyl (C=O) groups is 1. The molecule has 190 valence electrons. The number of alkyl halides is 3. The summed E-state index contributed by atoms with van der Waals surface area (Å²) in [5.74, 6) is 0.665. The summed E-state index contributed by atoms with van der Waals surface area (Å²) in [5.41, 5.74) is 0.0267. The zero-order chi connectivity index (χ0) is 25.2. The van der Waals surface area contributed by atoms with Crippen LogP contribution >= 0.6 is 11.6 Å². The molecule has 2 heterocycles. The van der Waals surface area contributed by atoms with E-state index in [2.05, 4.69) is 24.1 Å². The predicted octanol–water partition coefficient (Wildman–Crippen LogP) is 5.39. The minimum Gasteiger partial charge on any atom is -0.353 e. The van der Waals surface area contributed by atoms with E-state index in [9.17, 15) is 18.0 Å². The number of aromatic nitrogens is 1. The van der Waals surface area contributed by atoms with Crippen molar-refractivity contribution in [3.05, 3.63) is 58.7 Å². The number of carbonyl (C=O) groups excluding carboxylic acids is 1. The molecule has 1 aromatic carbocycles. The third-order valence-electron chi connectivity index (χ3n) is 7.55. The van der Waals surface area contributed by atoms with E-state index in [-0.39, 0.29) is 17.9 Å². The highest BCUT2D eigenvalue weighted by Crippen LogP contribution is 2.46. The fourth-order valence-corrected chi connectivity index (χ4v) is 5.43. The van der Waals surface area contributed by atoms with Crippen LogP contribution in [0.3, 0.4) is 0 Å². The van der Waals surface area contributed by atoms with E-state index in [0.717, 1.165) is 43.5 Å². The number of nitrogens with one attached hydrogen (secondary N) is 1. The fourth-order valence-electron chi connectivity index (χ4n) is 5.30. The molecule has 1 N–H and O–H groups in total. The second-order valence-electron chi connectivity index (χ2n) is 9.94. The highest BCUT2D eigenvalue weighted by atomic mass is 35.5. The van der Waals surface area contributed by atoms with Crippen LogP contribution in [-0.4, -0.2) is 48.0 Å². The third kappa shape index (κ3) is 5.75. The number of hydrogen-bond acceptors (Lipinski definition) is 4. The molecular formula is C26H32ClF3N4O. The average molecular weight is 509 g/mol. The van der Waals surface area contributed by atoms with Crippen molar-refractivity contribution in [2.75, 3.05) is 31.1 Å². The SMILES string of the molecule is CC(C)[C@]1(C(=O)N2CCN(c3cc(C(F)(F)F)ccn3)CC2)CC[C@@H](NCc2ccc(Cl)cc2)C1. The molecular weight excluding hydrogens is 477 g/mol. The Morgan fingerprint density at radius 3 is 2.49 bits per heavy atom. The van der Waals surface area contributed by atoms with Gasteiger partial charge in [0.2, 0.25) is 5.91 Å². The Hall–Kier alpha value is -2.32. The van der Waals surface area contributed by atoms with Crippen molar-refractivity contribution in [1.82, 2.24) is 15.2 Å². The Balaban J connectivity index is 1.36. The van der Waals surface area contributed by atoms with Gasteiger partial charge in [0.25, 0.3) is 0 Å². The van der Waals surface area contributed by atoms with Crippen molar-refractivity contribution >= 4 is 23.3 Å². The maximum absolute atomic E-state index is 13.8. The molecule has 2 aliphatic rings. The number of rotatable bonds is 6. The molecule has 5 nitrogen and oxygen atoms in total. The van der Waals surface area contributed by atoms with Gasteiger partial charge in [-0.05, 0) is 55.0 Å². The lowest BCUT2D eigenvalue weighted by atomic mass is 9.74. The molecule has 1 amide bonds. The van der Waals surface area contributed by atoms with Gasteiger partial charge in [0.1, 0.15) is 5.82 Å². The fraction of sp³-hybridized carbons (Fsp3) is 0.538. The first-order chi connectivity index (χ1) is 16.6. The van der Waals surface area contributed by atoms with E-state index in [1.54, 1.807) is 0 Å². The van der Waals surface area contributed by atoms with Crippen molar-refractivity contribution in [1.29, 1.82) is 0 Å². The molecule has 1 saturated heterocycles. The van der Waals surface area contributed by atoms with Crippen LogP contribution in [0.1, 0.15) is 44.2 Å². The van der Waals surface area contributed by atoms with Crippen molar-refractivity contribution in [2.45, 2.75) is 51.9 Å². The van der Waals surface area contributed by atoms with Gasteiger partial charge in [-0.2, -0.15) is 13.2 Å². The van der Waals surface area contributed by atoms with Gasteiger partial charge in [0.05, 0.1) is 11.0 Å². The number of benzene rings is 1. The standard InChI is InChI=1S/C26H32ClF3N4O/c1-18(2)25(9-7-22(16-25)32-17-19-3-5-21(27)6-4-19)24(35)34-13-11-33(12-14-34)23-15-20(8-10-31-23)26(28,29)30/h3-6,8,10,15,18,22,32H,7,9,11-14,16-17H2,1-2H3/t22-,25+/m1/s1. The van der Waals surface area contributed by atoms with E-state index in [1.165, 1.54) is 6.20 Å². The van der Waals surface area contributed by atoms with Gasteiger partial charge in [-0.25, -0.2) is 4.98 Å². The van der Waals surface area contributed by atoms with Crippen LogP contribution in [0.5, 0.6) is 0 Å². The van der Waals surface area contributed by atoms with Crippen LogP contribution in [-0.2, 0) is 17.5 Å². The summed E-state index contributed by atoms with van der Waals surface area (Å²) in [6, 6.07) is 10.1. The lowest BCUT2D eigenvalue weighted by molar-refractivity contribution is -0.145. The molecule has 35 heavy (non-hydrogen) atoms. The smallest absolute Gasteiger partial charge is 0.353 e. The average Bonchev–Trinajstić information content (AvgIpc) is 3.29. The zero-order valence-corrected chi connectivity index (χ0v) is 20.9. The molecule has 1 aliphatic carbocycles. The monoisotopic (exact) mass is 508 g/mol. The molecule has 0 radical (unpaired) electrons. The van der Waals surface area contributed by atoms with E-state index in [0.29, 0.717) is 37.0 Å². The zero-order valence-electron chi connectivity index (χ0n) is 20.1. The van der Waals surface area contributed by atoms with Gasteiger partial charge < -0.3 is 15.1 Å². The van der Waals surface area contributed by atoms with Crippen molar-refractivity contribution in [3.63, 3.8) is 0 Å². The van der Waals surface area contributed by atoms with Gasteiger partial charge in [-0.1, -0.05) is 37.6 Å². The first-order valence-electron chi connectivity index (χ1n) is 12.1. The molecule has 2 atom stereocenters. The number of anilines is 1.